The first-order valence-corrected chi connectivity index (χ1v) is 23.8. The van der Waals surface area contributed by atoms with Gasteiger partial charge in [0.2, 0.25) is 5.91 Å². The van der Waals surface area contributed by atoms with Crippen molar-refractivity contribution in [1.82, 2.24) is 5.32 Å². The molecule has 0 spiro atoms. The van der Waals surface area contributed by atoms with Crippen molar-refractivity contribution in [2.75, 3.05) is 26.4 Å². The minimum absolute atomic E-state index is 0.250. The SMILES string of the molecule is CCCCCCCCCCCC(=O)NC(COC1OC(CO)C(OC2OC(CO)C(OC3OC(CO)C(O)C(O)C3O)C(O)C2O)C(O)C1O)C(O)CCCCCCCCCCC. The highest BCUT2D eigenvalue weighted by atomic mass is 16.8. The monoisotopic (exact) mass is 914 g/mol. The lowest BCUT2D eigenvalue weighted by Gasteiger charge is -2.48. The molecule has 3 saturated heterocycles. The van der Waals surface area contributed by atoms with Crippen LogP contribution in [-0.4, -0.2) is 193 Å². The molecule has 17 atom stereocenters. The first kappa shape index (κ1) is 56.1. The smallest absolute Gasteiger partial charge is 0.220 e. The average molecular weight is 914 g/mol. The Morgan fingerprint density at radius 3 is 1.38 bits per heavy atom. The summed E-state index contributed by atoms with van der Waals surface area (Å²) in [6, 6.07) is -0.875. The number of nitrogens with one attached hydrogen (secondary N) is 1. The zero-order chi connectivity index (χ0) is 46.3. The van der Waals surface area contributed by atoms with Gasteiger partial charge < -0.3 is 89.9 Å². The normalized spacial score (nSPS) is 34.8. The maximum absolute atomic E-state index is 13.1. The van der Waals surface area contributed by atoms with Crippen LogP contribution in [0.3, 0.4) is 0 Å². The summed E-state index contributed by atoms with van der Waals surface area (Å²) in [5.41, 5.74) is 0. The minimum Gasteiger partial charge on any atom is -0.394 e. The molecule has 63 heavy (non-hydrogen) atoms. The standard InChI is InChI=1S/C44H83NO18/c1-3-5-7-9-11-13-15-17-19-21-28(49)27(45-32(50)22-20-18-16-14-12-10-8-6-4-2)26-58-42-38(56)35(53)40(30(24-47)60-42)63-44-39(57)36(54)41(31(25-48)61-44)62-43-37(55)34(52)33(51)29(23-46)59-43/h27-31,33-44,46-49,51-57H,3-26H2,1-2H3,(H,45,50). The Labute approximate surface area is 373 Å². The van der Waals surface area contributed by atoms with Gasteiger partial charge in [-0.05, 0) is 12.8 Å². The zero-order valence-corrected chi connectivity index (χ0v) is 37.6. The molecule has 3 heterocycles. The number of hydrogen-bond donors (Lipinski definition) is 12. The van der Waals surface area contributed by atoms with Gasteiger partial charge in [0.15, 0.2) is 18.9 Å². The Bertz CT molecular complexity index is 1190. The highest BCUT2D eigenvalue weighted by Crippen LogP contribution is 2.33. The van der Waals surface area contributed by atoms with Crippen LogP contribution in [0.25, 0.3) is 0 Å². The van der Waals surface area contributed by atoms with E-state index in [0.717, 1.165) is 44.9 Å². The van der Waals surface area contributed by atoms with Crippen LogP contribution >= 0.6 is 0 Å². The number of carbonyl (C=O) groups is 1. The zero-order valence-electron chi connectivity index (χ0n) is 37.6. The molecule has 0 aromatic heterocycles. The van der Waals surface area contributed by atoms with E-state index in [1.807, 2.05) is 0 Å². The molecule has 19 nitrogen and oxygen atoms in total. The van der Waals surface area contributed by atoms with E-state index in [1.165, 1.54) is 64.2 Å². The van der Waals surface area contributed by atoms with E-state index >= 15 is 0 Å². The van der Waals surface area contributed by atoms with Crippen LogP contribution in [0.1, 0.15) is 142 Å². The lowest BCUT2D eigenvalue weighted by molar-refractivity contribution is -0.379. The number of hydrogen-bond acceptors (Lipinski definition) is 18. The molecule has 372 valence electrons. The van der Waals surface area contributed by atoms with E-state index < -0.39 is 124 Å². The summed E-state index contributed by atoms with van der Waals surface area (Å²) in [4.78, 5) is 13.1. The van der Waals surface area contributed by atoms with Gasteiger partial charge >= 0.3 is 0 Å². The topological polar surface area (TPSA) is 307 Å². The van der Waals surface area contributed by atoms with E-state index in [9.17, 15) is 61.0 Å². The largest absolute Gasteiger partial charge is 0.394 e. The lowest BCUT2D eigenvalue weighted by atomic mass is 9.96. The van der Waals surface area contributed by atoms with Gasteiger partial charge in [-0.15, -0.1) is 0 Å². The fourth-order valence-electron chi connectivity index (χ4n) is 8.37. The number of unbranched alkanes of at least 4 members (excludes halogenated alkanes) is 16. The molecular formula is C44H83NO18. The maximum atomic E-state index is 13.1. The van der Waals surface area contributed by atoms with Crippen molar-refractivity contribution in [2.24, 2.45) is 0 Å². The number of ether oxygens (including phenoxy) is 6. The van der Waals surface area contributed by atoms with Crippen molar-refractivity contribution in [3.05, 3.63) is 0 Å². The van der Waals surface area contributed by atoms with Gasteiger partial charge in [0.05, 0.1) is 38.6 Å². The first-order chi connectivity index (χ1) is 30.3. The van der Waals surface area contributed by atoms with Gasteiger partial charge in [0.25, 0.3) is 0 Å². The average Bonchev–Trinajstić information content (AvgIpc) is 3.28. The second-order valence-corrected chi connectivity index (χ2v) is 17.6. The third-order valence-electron chi connectivity index (χ3n) is 12.4. The maximum Gasteiger partial charge on any atom is 0.220 e. The van der Waals surface area contributed by atoms with Gasteiger partial charge in [-0.1, -0.05) is 123 Å². The van der Waals surface area contributed by atoms with Gasteiger partial charge in [-0.2, -0.15) is 0 Å². The number of carbonyl (C=O) groups excluding carboxylic acids is 1. The van der Waals surface area contributed by atoms with Crippen LogP contribution in [0.4, 0.5) is 0 Å². The Morgan fingerprint density at radius 2 is 0.905 bits per heavy atom. The summed E-state index contributed by atoms with van der Waals surface area (Å²) in [6.45, 7) is 1.68. The molecule has 0 aromatic rings. The predicted octanol–water partition coefficient (Wildman–Crippen LogP) is 0.139. The molecular weight excluding hydrogens is 830 g/mol. The first-order valence-electron chi connectivity index (χ1n) is 23.8. The molecule has 0 saturated carbocycles. The summed E-state index contributed by atoms with van der Waals surface area (Å²) >= 11 is 0. The van der Waals surface area contributed by atoms with Crippen LogP contribution in [0.2, 0.25) is 0 Å². The van der Waals surface area contributed by atoms with E-state index in [4.69, 9.17) is 28.4 Å². The lowest BCUT2D eigenvalue weighted by Crippen LogP contribution is -2.66. The van der Waals surface area contributed by atoms with Crippen LogP contribution in [0.5, 0.6) is 0 Å². The quantitative estimate of drug-likeness (QED) is 0.0400. The molecule has 3 fully saturated rings. The molecule has 19 heteroatoms. The number of rotatable bonds is 32. The summed E-state index contributed by atoms with van der Waals surface area (Å²) in [5, 5.41) is 119. The van der Waals surface area contributed by atoms with Gasteiger partial charge in [0.1, 0.15) is 73.2 Å². The molecule has 1 amide bonds. The third kappa shape index (κ3) is 18.1. The van der Waals surface area contributed by atoms with Crippen molar-refractivity contribution in [1.29, 1.82) is 0 Å². The highest BCUT2D eigenvalue weighted by Gasteiger charge is 2.53. The molecule has 0 aliphatic carbocycles. The predicted molar refractivity (Wildman–Crippen MR) is 227 cm³/mol. The summed E-state index contributed by atoms with van der Waals surface area (Å²) in [6.07, 6.45) is -6.04. The van der Waals surface area contributed by atoms with Crippen LogP contribution in [0.15, 0.2) is 0 Å². The Hall–Kier alpha value is -1.21. The Balaban J connectivity index is 1.59. The third-order valence-corrected chi connectivity index (χ3v) is 12.4. The minimum atomic E-state index is -1.97. The van der Waals surface area contributed by atoms with E-state index in [-0.39, 0.29) is 18.9 Å². The fourth-order valence-corrected chi connectivity index (χ4v) is 8.37. The van der Waals surface area contributed by atoms with Crippen molar-refractivity contribution in [3.63, 3.8) is 0 Å². The molecule has 12 N–H and O–H groups in total. The fraction of sp³-hybridized carbons (Fsp3) is 0.977. The number of aliphatic hydroxyl groups is 11. The van der Waals surface area contributed by atoms with Crippen LogP contribution < -0.4 is 5.32 Å². The Kier molecular flexibility index (Phi) is 27.6. The van der Waals surface area contributed by atoms with Crippen molar-refractivity contribution in [3.8, 4) is 0 Å². The van der Waals surface area contributed by atoms with E-state index in [0.29, 0.717) is 12.8 Å². The van der Waals surface area contributed by atoms with Crippen molar-refractivity contribution < 1.29 is 89.4 Å². The summed E-state index contributed by atoms with van der Waals surface area (Å²) in [5.74, 6) is -0.250. The van der Waals surface area contributed by atoms with Crippen LogP contribution in [0, 0.1) is 0 Å². The summed E-state index contributed by atoms with van der Waals surface area (Å²) in [7, 11) is 0. The Morgan fingerprint density at radius 1 is 0.508 bits per heavy atom. The van der Waals surface area contributed by atoms with E-state index in [1.54, 1.807) is 0 Å². The molecule has 0 aromatic carbocycles. The van der Waals surface area contributed by atoms with Gasteiger partial charge in [-0.3, -0.25) is 4.79 Å². The van der Waals surface area contributed by atoms with E-state index in [2.05, 4.69) is 19.2 Å². The molecule has 0 bridgehead atoms. The van der Waals surface area contributed by atoms with Crippen molar-refractivity contribution in [2.45, 2.75) is 247 Å². The highest BCUT2D eigenvalue weighted by molar-refractivity contribution is 5.76. The second-order valence-electron chi connectivity index (χ2n) is 17.6. The molecule has 17 unspecified atom stereocenters. The van der Waals surface area contributed by atoms with Gasteiger partial charge in [0, 0.05) is 6.42 Å². The number of amides is 1. The molecule has 3 rings (SSSR count). The van der Waals surface area contributed by atoms with Gasteiger partial charge in [-0.25, -0.2) is 0 Å². The molecule has 0 radical (unpaired) electrons. The second kappa shape index (κ2) is 31.0. The van der Waals surface area contributed by atoms with Crippen molar-refractivity contribution >= 4 is 5.91 Å². The summed E-state index contributed by atoms with van der Waals surface area (Å²) < 4.78 is 34.0. The molecule has 3 aliphatic heterocycles. The number of aliphatic hydroxyl groups excluding tert-OH is 11. The van der Waals surface area contributed by atoms with Crippen LogP contribution in [-0.2, 0) is 33.2 Å². The molecule has 3 aliphatic rings.